The van der Waals surface area contributed by atoms with Crippen LogP contribution in [0.2, 0.25) is 5.02 Å². The molecule has 278 valence electrons. The third kappa shape index (κ3) is 10.0. The lowest BCUT2D eigenvalue weighted by Crippen LogP contribution is -2.58. The van der Waals surface area contributed by atoms with Crippen molar-refractivity contribution in [2.75, 3.05) is 44.7 Å². The Morgan fingerprint density at radius 3 is 2.41 bits per heavy atom. The summed E-state index contributed by atoms with van der Waals surface area (Å²) in [6, 6.07) is 14.9. The van der Waals surface area contributed by atoms with Crippen LogP contribution in [0.1, 0.15) is 72.3 Å². The molecule has 0 saturated carbocycles. The van der Waals surface area contributed by atoms with Gasteiger partial charge in [-0.1, -0.05) is 62.6 Å². The Bertz CT molecular complexity index is 1930. The van der Waals surface area contributed by atoms with E-state index in [-0.39, 0.29) is 52.4 Å². The van der Waals surface area contributed by atoms with Crippen LogP contribution in [0, 0.1) is 18.2 Å². The zero-order valence-corrected chi connectivity index (χ0v) is 32.1. The van der Waals surface area contributed by atoms with Gasteiger partial charge in [-0.25, -0.2) is 17.1 Å². The topological polar surface area (TPSA) is 127 Å². The van der Waals surface area contributed by atoms with Gasteiger partial charge in [0.05, 0.1) is 22.9 Å². The molecule has 1 amide bonds. The molecule has 3 aromatic carbocycles. The molecule has 0 spiro atoms. The van der Waals surface area contributed by atoms with E-state index in [1.54, 1.807) is 23.1 Å². The van der Waals surface area contributed by atoms with E-state index in [1.807, 2.05) is 32.9 Å². The molecule has 3 aromatic rings. The zero-order valence-electron chi connectivity index (χ0n) is 29.7. The van der Waals surface area contributed by atoms with E-state index >= 15 is 4.21 Å². The fraction of sp³-hybridized carbons (Fsp3) is 0.447. The summed E-state index contributed by atoms with van der Waals surface area (Å²) in [4.78, 5) is 15.2. The summed E-state index contributed by atoms with van der Waals surface area (Å²) < 4.78 is 68.4. The Kier molecular flexibility index (Phi) is 12.9. The Morgan fingerprint density at radius 2 is 1.78 bits per heavy atom. The summed E-state index contributed by atoms with van der Waals surface area (Å²) in [5.74, 6) is 1.22. The van der Waals surface area contributed by atoms with Gasteiger partial charge in [-0.2, -0.15) is 4.21 Å². The number of hydrogen-bond donors (Lipinski definition) is 3. The summed E-state index contributed by atoms with van der Waals surface area (Å²) in [7, 11) is -8.57. The maximum absolute atomic E-state index is 15.0. The minimum Gasteiger partial charge on any atom is -0.375 e. The number of rotatable bonds is 16. The number of hydrogen-bond acceptors (Lipinski definition) is 6. The van der Waals surface area contributed by atoms with Crippen LogP contribution in [0.5, 0.6) is 0 Å². The van der Waals surface area contributed by atoms with Gasteiger partial charge >= 0.3 is 0 Å². The third-order valence-corrected chi connectivity index (χ3v) is 13.9. The first kappa shape index (κ1) is 40.6. The summed E-state index contributed by atoms with van der Waals surface area (Å²) >= 11 is 6.10. The summed E-state index contributed by atoms with van der Waals surface area (Å²) in [6.07, 6.45) is 9.34. The van der Waals surface area contributed by atoms with Crippen LogP contribution in [0.25, 0.3) is 0 Å². The molecule has 51 heavy (non-hydrogen) atoms. The highest BCUT2D eigenvalue weighted by molar-refractivity contribution is 8.12. The molecule has 0 bridgehead atoms. The molecule has 0 aliphatic carbocycles. The minimum absolute atomic E-state index is 0.0575. The highest BCUT2D eigenvalue weighted by atomic mass is 35.5. The van der Waals surface area contributed by atoms with Crippen molar-refractivity contribution in [3.05, 3.63) is 99.3 Å². The lowest BCUT2D eigenvalue weighted by molar-refractivity contribution is 0.0727. The smallest absolute Gasteiger partial charge is 0.253 e. The van der Waals surface area contributed by atoms with Crippen molar-refractivity contribution in [2.45, 2.75) is 68.7 Å². The molecule has 1 aliphatic rings. The minimum atomic E-state index is -5.10. The van der Waals surface area contributed by atoms with Gasteiger partial charge in [0.15, 0.2) is 15.4 Å². The molecule has 0 radical (unpaired) electrons. The lowest BCUT2D eigenvalue weighted by Gasteiger charge is -2.50. The van der Waals surface area contributed by atoms with E-state index in [1.165, 1.54) is 24.3 Å². The number of aliphatic hydroxyl groups is 1. The van der Waals surface area contributed by atoms with Crippen molar-refractivity contribution in [2.24, 2.45) is 0 Å². The number of nitrogens with one attached hydrogen (secondary N) is 1. The number of aryl methyl sites for hydroxylation is 1. The van der Waals surface area contributed by atoms with Gasteiger partial charge in [0, 0.05) is 49.1 Å². The van der Waals surface area contributed by atoms with E-state index in [9.17, 15) is 27.3 Å². The van der Waals surface area contributed by atoms with Crippen molar-refractivity contribution in [3.63, 3.8) is 0 Å². The third-order valence-electron chi connectivity index (χ3n) is 9.22. The number of amides is 1. The van der Waals surface area contributed by atoms with Crippen LogP contribution >= 0.6 is 11.6 Å². The Balaban J connectivity index is 1.71. The van der Waals surface area contributed by atoms with Gasteiger partial charge in [0.1, 0.15) is 5.82 Å². The maximum atomic E-state index is 15.0. The first-order valence-corrected chi connectivity index (χ1v) is 21.6. The SMILES string of the molecule is C#C[C@@](O)(CNC1CS(=O)(=O)Cc2ccc(CC)cc21)CN(CCc1cc(F)cc(Cl)c1)S(C)(=O)(O)c1cccc(C(=O)N(CCC)CCC)c1. The molecule has 1 aliphatic heterocycles. The first-order valence-electron chi connectivity index (χ1n) is 17.2. The molecule has 0 saturated heterocycles. The number of halogens is 2. The van der Waals surface area contributed by atoms with Gasteiger partial charge in [0.25, 0.3) is 5.91 Å². The zero-order chi connectivity index (χ0) is 37.6. The standard InChI is InChI=1S/C38H49ClFN3O6S2/c1-6-16-42(17-7-2)37(44)30-11-10-12-34(22-30)51(5,48,49)43(18-15-29-19-32(39)23-33(40)20-29)27-38(45,9-4)26-41-36-25-50(46,47)24-31-14-13-28(8-3)21-35(31)36/h4,10-14,19-23,36,41,45H,6-8,15-18,24-27H2,1-3,5H3,(H,48,49)/t36?,38-/m1/s1. The van der Waals surface area contributed by atoms with Crippen molar-refractivity contribution >= 4 is 36.9 Å². The van der Waals surface area contributed by atoms with E-state index in [2.05, 4.69) is 11.2 Å². The fourth-order valence-electron chi connectivity index (χ4n) is 6.43. The van der Waals surface area contributed by atoms with Crippen LogP contribution in [-0.4, -0.2) is 87.7 Å². The molecule has 0 fully saturated rings. The molecule has 1 heterocycles. The van der Waals surface area contributed by atoms with Crippen LogP contribution in [-0.2, 0) is 38.0 Å². The average molecular weight is 762 g/mol. The van der Waals surface area contributed by atoms with Gasteiger partial charge < -0.3 is 15.3 Å². The van der Waals surface area contributed by atoms with E-state index in [4.69, 9.17) is 18.0 Å². The monoisotopic (exact) mass is 761 g/mol. The van der Waals surface area contributed by atoms with E-state index in [0.29, 0.717) is 24.2 Å². The van der Waals surface area contributed by atoms with Crippen LogP contribution in [0.3, 0.4) is 0 Å². The molecule has 0 aromatic heterocycles. The predicted molar refractivity (Wildman–Crippen MR) is 202 cm³/mol. The number of fused-ring (bicyclic) bond motifs is 1. The maximum Gasteiger partial charge on any atom is 0.253 e. The Morgan fingerprint density at radius 1 is 1.08 bits per heavy atom. The second-order valence-electron chi connectivity index (χ2n) is 13.5. The van der Waals surface area contributed by atoms with Gasteiger partial charge in [-0.05, 0) is 84.3 Å². The quantitative estimate of drug-likeness (QED) is 0.161. The van der Waals surface area contributed by atoms with Crippen LogP contribution < -0.4 is 5.32 Å². The fourth-order valence-corrected chi connectivity index (χ4v) is 10.5. The van der Waals surface area contributed by atoms with Gasteiger partial charge in [0.2, 0.25) is 0 Å². The van der Waals surface area contributed by atoms with Gasteiger partial charge in [-0.15, -0.1) is 16.0 Å². The Hall–Kier alpha value is -3.15. The van der Waals surface area contributed by atoms with Crippen molar-refractivity contribution in [1.82, 2.24) is 14.5 Å². The first-order chi connectivity index (χ1) is 23.9. The molecule has 3 N–H and O–H groups in total. The van der Waals surface area contributed by atoms with Crippen molar-refractivity contribution < 1.29 is 31.5 Å². The molecule has 13 heteroatoms. The Labute approximate surface area is 306 Å². The molecule has 4 rings (SSSR count). The largest absolute Gasteiger partial charge is 0.375 e. The predicted octanol–water partition coefficient (Wildman–Crippen LogP) is 5.67. The number of carbonyl (C=O) groups is 1. The normalized spacial score (nSPS) is 17.5. The van der Waals surface area contributed by atoms with Crippen LogP contribution in [0.15, 0.2) is 65.6 Å². The molecule has 9 nitrogen and oxygen atoms in total. The van der Waals surface area contributed by atoms with Crippen molar-refractivity contribution in [1.29, 1.82) is 0 Å². The highest BCUT2D eigenvalue weighted by Crippen LogP contribution is 2.36. The molecule has 2 atom stereocenters. The number of benzene rings is 3. The number of terminal acetylenes is 1. The second kappa shape index (κ2) is 16.3. The summed E-state index contributed by atoms with van der Waals surface area (Å²) in [6.45, 7) is 5.97. The number of nitrogens with zero attached hydrogens (tertiary/aromatic N) is 2. The molecular weight excluding hydrogens is 713 g/mol. The highest BCUT2D eigenvalue weighted by Gasteiger charge is 2.40. The summed E-state index contributed by atoms with van der Waals surface area (Å²) in [5, 5.41) is 15.2. The average Bonchev–Trinajstić information content (AvgIpc) is 3.07. The van der Waals surface area contributed by atoms with Gasteiger partial charge in [-0.3, -0.25) is 9.35 Å². The molecule has 1 unspecified atom stereocenters. The number of carbonyl (C=O) groups excluding carboxylic acids is 1. The summed E-state index contributed by atoms with van der Waals surface area (Å²) in [5.41, 5.74) is 1.09. The van der Waals surface area contributed by atoms with E-state index in [0.717, 1.165) is 47.0 Å². The van der Waals surface area contributed by atoms with Crippen LogP contribution in [0.4, 0.5) is 4.39 Å². The molecular formula is C38H49ClFN3O6S2. The number of sulfone groups is 1. The lowest BCUT2D eigenvalue weighted by atomic mass is 9.97. The second-order valence-corrected chi connectivity index (χ2v) is 19.5. The van der Waals surface area contributed by atoms with Crippen molar-refractivity contribution in [3.8, 4) is 12.3 Å². The van der Waals surface area contributed by atoms with E-state index < -0.39 is 43.4 Å².